The highest BCUT2D eigenvalue weighted by atomic mass is 32.2. The Kier molecular flexibility index (Phi) is 6.98. The summed E-state index contributed by atoms with van der Waals surface area (Å²) in [6, 6.07) is 3.19. The van der Waals surface area contributed by atoms with Crippen LogP contribution in [0.2, 0.25) is 0 Å². The maximum Gasteiger partial charge on any atom is 0.422 e. The Balaban J connectivity index is 1.67. The van der Waals surface area contributed by atoms with Crippen molar-refractivity contribution in [3.05, 3.63) is 53.9 Å². The van der Waals surface area contributed by atoms with Gasteiger partial charge in [0.1, 0.15) is 23.4 Å². The van der Waals surface area contributed by atoms with E-state index in [1.807, 2.05) is 0 Å². The Bertz CT molecular complexity index is 1070. The SMILES string of the molecule is O=C(NCc1cc(OCC(F)(F)F)ccn1)[C@@H]1CCCN1S(=O)(=O)c1cc(F)cc(F)c1. The number of aromatic nitrogens is 1. The van der Waals surface area contributed by atoms with Crippen LogP contribution < -0.4 is 10.1 Å². The zero-order chi connectivity index (χ0) is 23.5. The smallest absolute Gasteiger partial charge is 0.422 e. The molecule has 1 aliphatic rings. The summed E-state index contributed by atoms with van der Waals surface area (Å²) in [7, 11) is -4.34. The standard InChI is InChI=1S/C19H18F5N3O4S/c20-12-6-13(21)8-16(7-12)32(29,30)27-5-1-2-17(27)18(28)26-10-14-9-15(3-4-25-14)31-11-19(22,23)24/h3-4,6-9,17H,1-2,5,10-11H2,(H,26,28)/t17-/m0/s1. The third-order valence-corrected chi connectivity index (χ3v) is 6.47. The van der Waals surface area contributed by atoms with Crippen LogP contribution in [0.5, 0.6) is 5.75 Å². The number of sulfonamides is 1. The van der Waals surface area contributed by atoms with Crippen molar-refractivity contribution in [1.29, 1.82) is 0 Å². The molecule has 2 aromatic rings. The molecule has 1 amide bonds. The molecule has 13 heteroatoms. The molecule has 1 atom stereocenters. The largest absolute Gasteiger partial charge is 0.484 e. The lowest BCUT2D eigenvalue weighted by molar-refractivity contribution is -0.153. The van der Waals surface area contributed by atoms with Gasteiger partial charge in [0, 0.05) is 24.9 Å². The molecule has 1 aliphatic heterocycles. The number of amides is 1. The second-order valence-electron chi connectivity index (χ2n) is 6.98. The number of ether oxygens (including phenoxy) is 1. The Morgan fingerprint density at radius 1 is 1.19 bits per heavy atom. The molecule has 7 nitrogen and oxygen atoms in total. The van der Waals surface area contributed by atoms with Gasteiger partial charge in [-0.3, -0.25) is 9.78 Å². The van der Waals surface area contributed by atoms with Crippen LogP contribution >= 0.6 is 0 Å². The molecule has 1 saturated heterocycles. The summed E-state index contributed by atoms with van der Waals surface area (Å²) in [6.45, 7) is -1.70. The normalized spacial score (nSPS) is 17.3. The van der Waals surface area contributed by atoms with Crippen molar-refractivity contribution in [2.75, 3.05) is 13.2 Å². The first-order chi connectivity index (χ1) is 15.0. The first-order valence-electron chi connectivity index (χ1n) is 9.36. The van der Waals surface area contributed by atoms with Crippen molar-refractivity contribution in [2.24, 2.45) is 0 Å². The minimum Gasteiger partial charge on any atom is -0.484 e. The van der Waals surface area contributed by atoms with Crippen LogP contribution in [0.4, 0.5) is 22.0 Å². The van der Waals surface area contributed by atoms with Gasteiger partial charge in [0.25, 0.3) is 0 Å². The van der Waals surface area contributed by atoms with Crippen molar-refractivity contribution in [3.8, 4) is 5.75 Å². The van der Waals surface area contributed by atoms with E-state index in [0.717, 1.165) is 4.31 Å². The molecule has 2 heterocycles. The molecular weight excluding hydrogens is 461 g/mol. The zero-order valence-electron chi connectivity index (χ0n) is 16.4. The van der Waals surface area contributed by atoms with E-state index in [1.54, 1.807) is 0 Å². The summed E-state index contributed by atoms with van der Waals surface area (Å²) in [5, 5.41) is 2.48. The van der Waals surface area contributed by atoms with E-state index in [0.29, 0.717) is 24.6 Å². The lowest BCUT2D eigenvalue weighted by Gasteiger charge is -2.23. The highest BCUT2D eigenvalue weighted by molar-refractivity contribution is 7.89. The van der Waals surface area contributed by atoms with Crippen molar-refractivity contribution in [3.63, 3.8) is 0 Å². The molecule has 0 radical (unpaired) electrons. The molecule has 3 rings (SSSR count). The van der Waals surface area contributed by atoms with Crippen molar-refractivity contribution >= 4 is 15.9 Å². The Morgan fingerprint density at radius 3 is 2.53 bits per heavy atom. The average Bonchev–Trinajstić information content (AvgIpc) is 3.20. The molecule has 1 aromatic carbocycles. The fourth-order valence-corrected chi connectivity index (χ4v) is 4.91. The van der Waals surface area contributed by atoms with Gasteiger partial charge in [-0.15, -0.1) is 0 Å². The fraction of sp³-hybridized carbons (Fsp3) is 0.368. The van der Waals surface area contributed by atoms with Gasteiger partial charge >= 0.3 is 6.18 Å². The number of nitrogens with one attached hydrogen (secondary N) is 1. The summed E-state index contributed by atoms with van der Waals surface area (Å²) in [5.74, 6) is -2.91. The summed E-state index contributed by atoms with van der Waals surface area (Å²) >= 11 is 0. The van der Waals surface area contributed by atoms with Crippen LogP contribution in [0.15, 0.2) is 41.4 Å². The van der Waals surface area contributed by atoms with E-state index in [-0.39, 0.29) is 31.0 Å². The number of alkyl halides is 3. The van der Waals surface area contributed by atoms with Gasteiger partial charge in [0.15, 0.2) is 6.61 Å². The van der Waals surface area contributed by atoms with Gasteiger partial charge in [-0.25, -0.2) is 17.2 Å². The molecule has 174 valence electrons. The van der Waals surface area contributed by atoms with Crippen LogP contribution in [-0.2, 0) is 21.4 Å². The molecule has 1 fully saturated rings. The van der Waals surface area contributed by atoms with Crippen molar-refractivity contribution in [1.82, 2.24) is 14.6 Å². The number of hydrogen-bond donors (Lipinski definition) is 1. The average molecular weight is 479 g/mol. The van der Waals surface area contributed by atoms with Gasteiger partial charge in [-0.2, -0.15) is 17.5 Å². The first-order valence-corrected chi connectivity index (χ1v) is 10.8. The molecule has 32 heavy (non-hydrogen) atoms. The number of halogens is 5. The number of carbonyl (C=O) groups is 1. The molecule has 1 N–H and O–H groups in total. The predicted octanol–water partition coefficient (Wildman–Crippen LogP) is 2.77. The maximum absolute atomic E-state index is 13.5. The number of pyridine rings is 1. The highest BCUT2D eigenvalue weighted by Gasteiger charge is 2.39. The summed E-state index contributed by atoms with van der Waals surface area (Å²) in [5.41, 5.74) is 0.192. The highest BCUT2D eigenvalue weighted by Crippen LogP contribution is 2.27. The Hall–Kier alpha value is -2.80. The summed E-state index contributed by atoms with van der Waals surface area (Å²) in [6.07, 6.45) is -2.77. The topological polar surface area (TPSA) is 88.6 Å². The lowest BCUT2D eigenvalue weighted by Crippen LogP contribution is -2.45. The number of carbonyl (C=O) groups excluding carboxylic acids is 1. The zero-order valence-corrected chi connectivity index (χ0v) is 17.2. The maximum atomic E-state index is 13.5. The van der Waals surface area contributed by atoms with Crippen LogP contribution in [0.25, 0.3) is 0 Å². The van der Waals surface area contributed by atoms with Gasteiger partial charge < -0.3 is 10.1 Å². The molecule has 0 aliphatic carbocycles. The molecule has 0 saturated carbocycles. The van der Waals surface area contributed by atoms with Crippen molar-refractivity contribution < 1.29 is 39.9 Å². The Morgan fingerprint density at radius 2 is 1.88 bits per heavy atom. The first kappa shape index (κ1) is 23.9. The fourth-order valence-electron chi connectivity index (χ4n) is 3.21. The third kappa shape index (κ3) is 5.91. The van der Waals surface area contributed by atoms with E-state index in [4.69, 9.17) is 0 Å². The summed E-state index contributed by atoms with van der Waals surface area (Å²) < 4.78 is 94.9. The van der Waals surface area contributed by atoms with E-state index in [2.05, 4.69) is 15.0 Å². The minimum atomic E-state index is -4.51. The second-order valence-corrected chi connectivity index (χ2v) is 8.87. The van der Waals surface area contributed by atoms with E-state index >= 15 is 0 Å². The van der Waals surface area contributed by atoms with E-state index in [1.165, 1.54) is 18.3 Å². The summed E-state index contributed by atoms with van der Waals surface area (Å²) in [4.78, 5) is 15.9. The number of benzene rings is 1. The number of rotatable bonds is 7. The third-order valence-electron chi connectivity index (χ3n) is 4.58. The van der Waals surface area contributed by atoms with Gasteiger partial charge in [0.05, 0.1) is 17.1 Å². The molecular formula is C19H18F5N3O4S. The van der Waals surface area contributed by atoms with Crippen molar-refractivity contribution in [2.45, 2.75) is 36.5 Å². The van der Waals surface area contributed by atoms with Gasteiger partial charge in [-0.1, -0.05) is 0 Å². The van der Waals surface area contributed by atoms with Gasteiger partial charge in [-0.05, 0) is 31.0 Å². The number of hydrogen-bond acceptors (Lipinski definition) is 5. The quantitative estimate of drug-likeness (QED) is 0.617. The van der Waals surface area contributed by atoms with E-state index in [9.17, 15) is 35.2 Å². The second kappa shape index (κ2) is 9.36. The molecule has 0 spiro atoms. The number of nitrogens with zero attached hydrogens (tertiary/aromatic N) is 2. The molecule has 0 bridgehead atoms. The molecule has 1 aromatic heterocycles. The van der Waals surface area contributed by atoms with Gasteiger partial charge in [0.2, 0.25) is 15.9 Å². The minimum absolute atomic E-state index is 0.0163. The van der Waals surface area contributed by atoms with Crippen LogP contribution in [0.3, 0.4) is 0 Å². The van der Waals surface area contributed by atoms with Crippen LogP contribution in [0, 0.1) is 11.6 Å². The van der Waals surface area contributed by atoms with Crippen LogP contribution in [0.1, 0.15) is 18.5 Å². The lowest BCUT2D eigenvalue weighted by atomic mass is 10.2. The van der Waals surface area contributed by atoms with Crippen LogP contribution in [-0.4, -0.2) is 49.0 Å². The Labute approximate surface area is 180 Å². The molecule has 0 unspecified atom stereocenters. The van der Waals surface area contributed by atoms with E-state index < -0.39 is 51.3 Å². The monoisotopic (exact) mass is 479 g/mol. The predicted molar refractivity (Wildman–Crippen MR) is 101 cm³/mol.